The van der Waals surface area contributed by atoms with Crippen LogP contribution in [0.3, 0.4) is 0 Å². The summed E-state index contributed by atoms with van der Waals surface area (Å²) in [6.45, 7) is 7.67. The van der Waals surface area contributed by atoms with Crippen LogP contribution >= 0.6 is 22.9 Å². The van der Waals surface area contributed by atoms with E-state index in [0.29, 0.717) is 10.8 Å². The molecule has 0 amide bonds. The number of likely N-dealkylation sites (tertiary alicyclic amines) is 1. The molecule has 3 aromatic rings. The highest BCUT2D eigenvalue weighted by atomic mass is 35.5. The zero-order chi connectivity index (χ0) is 23.5. The highest BCUT2D eigenvalue weighted by Crippen LogP contribution is 2.36. The molecule has 1 unspecified atom stereocenters. The SMILES string of the molecule is CCc1c(CCN2CCC2C(=O)O)cccc1-c1nnc(-c2ccc(OC(C)C)c(Cl)c2)s1. The van der Waals surface area contributed by atoms with E-state index in [2.05, 4.69) is 29.3 Å². The number of ether oxygens (including phenoxy) is 1. The molecule has 1 atom stereocenters. The molecule has 33 heavy (non-hydrogen) atoms. The van der Waals surface area contributed by atoms with Crippen LogP contribution in [-0.2, 0) is 17.6 Å². The Labute approximate surface area is 203 Å². The molecule has 1 aliphatic heterocycles. The van der Waals surface area contributed by atoms with E-state index in [9.17, 15) is 9.90 Å². The zero-order valence-corrected chi connectivity index (χ0v) is 20.6. The minimum atomic E-state index is -0.726. The second-order valence-corrected chi connectivity index (χ2v) is 9.83. The summed E-state index contributed by atoms with van der Waals surface area (Å²) in [5, 5.41) is 20.4. The third kappa shape index (κ3) is 5.21. The second kappa shape index (κ2) is 10.2. The Balaban J connectivity index is 1.55. The van der Waals surface area contributed by atoms with Crippen LogP contribution in [0.2, 0.25) is 5.02 Å². The first-order valence-corrected chi connectivity index (χ1v) is 12.4. The van der Waals surface area contributed by atoms with Crippen molar-refractivity contribution >= 4 is 28.9 Å². The number of nitrogens with zero attached hydrogens (tertiary/aromatic N) is 3. The molecule has 0 spiro atoms. The van der Waals surface area contributed by atoms with Crippen molar-refractivity contribution in [2.24, 2.45) is 0 Å². The molecule has 4 rings (SSSR count). The average molecular weight is 486 g/mol. The fourth-order valence-corrected chi connectivity index (χ4v) is 5.29. The second-order valence-electron chi connectivity index (χ2n) is 8.45. The van der Waals surface area contributed by atoms with Gasteiger partial charge in [0.25, 0.3) is 0 Å². The van der Waals surface area contributed by atoms with Crippen molar-refractivity contribution in [1.82, 2.24) is 15.1 Å². The molecule has 0 saturated carbocycles. The van der Waals surface area contributed by atoms with E-state index in [-0.39, 0.29) is 12.1 Å². The van der Waals surface area contributed by atoms with E-state index in [1.807, 2.05) is 43.0 Å². The van der Waals surface area contributed by atoms with E-state index < -0.39 is 5.97 Å². The molecule has 6 nitrogen and oxygen atoms in total. The van der Waals surface area contributed by atoms with Gasteiger partial charge in [-0.05, 0) is 62.4 Å². The first-order valence-electron chi connectivity index (χ1n) is 11.3. The number of aliphatic carboxylic acids is 1. The summed E-state index contributed by atoms with van der Waals surface area (Å²) in [7, 11) is 0. The van der Waals surface area contributed by atoms with Crippen LogP contribution in [0.4, 0.5) is 0 Å². The van der Waals surface area contributed by atoms with Crippen LogP contribution in [0.15, 0.2) is 36.4 Å². The number of benzene rings is 2. The standard InChI is InChI=1S/C25H28ClN3O3S/c1-4-18-16(10-12-29-13-11-21(29)25(30)31)6-5-7-19(18)24-28-27-23(33-24)17-8-9-22(20(26)14-17)32-15(2)3/h5-9,14-15,21H,4,10-13H2,1-3H3,(H,30,31). The molecule has 1 fully saturated rings. The minimum Gasteiger partial charge on any atom is -0.489 e. The lowest BCUT2D eigenvalue weighted by molar-refractivity contribution is -0.148. The monoisotopic (exact) mass is 485 g/mol. The zero-order valence-electron chi connectivity index (χ0n) is 19.0. The van der Waals surface area contributed by atoms with Gasteiger partial charge in [0.2, 0.25) is 0 Å². The first-order chi connectivity index (χ1) is 15.9. The number of carbonyl (C=O) groups is 1. The smallest absolute Gasteiger partial charge is 0.320 e. The summed E-state index contributed by atoms with van der Waals surface area (Å²) < 4.78 is 5.72. The lowest BCUT2D eigenvalue weighted by Crippen LogP contribution is -2.52. The Morgan fingerprint density at radius 3 is 2.70 bits per heavy atom. The summed E-state index contributed by atoms with van der Waals surface area (Å²) in [6.07, 6.45) is 2.48. The summed E-state index contributed by atoms with van der Waals surface area (Å²) >= 11 is 7.95. The number of hydrogen-bond donors (Lipinski definition) is 1. The molecule has 1 saturated heterocycles. The molecule has 0 radical (unpaired) electrons. The topological polar surface area (TPSA) is 75.6 Å². The molecule has 0 bridgehead atoms. The predicted molar refractivity (Wildman–Crippen MR) is 132 cm³/mol. The first kappa shape index (κ1) is 23.7. The third-order valence-corrected chi connectivity index (χ3v) is 7.21. The van der Waals surface area contributed by atoms with Gasteiger partial charge in [-0.2, -0.15) is 0 Å². The van der Waals surface area contributed by atoms with Crippen LogP contribution in [0.5, 0.6) is 5.75 Å². The summed E-state index contributed by atoms with van der Waals surface area (Å²) in [5.74, 6) is -0.0653. The van der Waals surface area contributed by atoms with Crippen molar-refractivity contribution in [2.75, 3.05) is 13.1 Å². The average Bonchev–Trinajstić information content (AvgIpc) is 3.23. The van der Waals surface area contributed by atoms with Crippen molar-refractivity contribution in [3.05, 3.63) is 52.5 Å². The number of carboxylic acids is 1. The molecule has 8 heteroatoms. The predicted octanol–water partition coefficient (Wildman–Crippen LogP) is 5.58. The van der Waals surface area contributed by atoms with Gasteiger partial charge in [0.1, 0.15) is 21.8 Å². The van der Waals surface area contributed by atoms with Gasteiger partial charge in [-0.15, -0.1) is 10.2 Å². The maximum Gasteiger partial charge on any atom is 0.320 e. The quantitative estimate of drug-likeness (QED) is 0.426. The largest absolute Gasteiger partial charge is 0.489 e. The van der Waals surface area contributed by atoms with Crippen molar-refractivity contribution in [3.8, 4) is 26.9 Å². The van der Waals surface area contributed by atoms with Crippen LogP contribution in [0.1, 0.15) is 38.3 Å². The fraction of sp³-hybridized carbons (Fsp3) is 0.400. The molecule has 1 N–H and O–H groups in total. The molecule has 2 aromatic carbocycles. The van der Waals surface area contributed by atoms with Gasteiger partial charge >= 0.3 is 5.97 Å². The number of carboxylic acid groups (broad SMARTS) is 1. The van der Waals surface area contributed by atoms with Gasteiger partial charge < -0.3 is 9.84 Å². The minimum absolute atomic E-state index is 0.0531. The number of hydrogen-bond acceptors (Lipinski definition) is 6. The Morgan fingerprint density at radius 2 is 2.06 bits per heavy atom. The fourth-order valence-electron chi connectivity index (χ4n) is 4.17. The number of halogens is 1. The van der Waals surface area contributed by atoms with E-state index in [1.54, 1.807) is 11.3 Å². The Kier molecular flexibility index (Phi) is 7.32. The number of rotatable bonds is 9. The summed E-state index contributed by atoms with van der Waals surface area (Å²) in [6, 6.07) is 11.6. The number of aromatic nitrogens is 2. The van der Waals surface area contributed by atoms with E-state index >= 15 is 0 Å². The van der Waals surface area contributed by atoms with Crippen molar-refractivity contribution < 1.29 is 14.6 Å². The molecule has 174 valence electrons. The Morgan fingerprint density at radius 1 is 1.27 bits per heavy atom. The Hall–Kier alpha value is -2.48. The van der Waals surface area contributed by atoms with Crippen LogP contribution in [-0.4, -0.2) is 51.4 Å². The van der Waals surface area contributed by atoms with Crippen LogP contribution in [0.25, 0.3) is 21.1 Å². The molecule has 0 aliphatic carbocycles. The van der Waals surface area contributed by atoms with Crippen LogP contribution in [0, 0.1) is 0 Å². The van der Waals surface area contributed by atoms with Gasteiger partial charge in [0, 0.05) is 24.2 Å². The maximum atomic E-state index is 11.3. The van der Waals surface area contributed by atoms with E-state index in [0.717, 1.165) is 53.5 Å². The van der Waals surface area contributed by atoms with Crippen LogP contribution < -0.4 is 4.74 Å². The molecule has 1 aliphatic rings. The van der Waals surface area contributed by atoms with Crippen molar-refractivity contribution in [3.63, 3.8) is 0 Å². The molecule has 2 heterocycles. The van der Waals surface area contributed by atoms with Gasteiger partial charge in [0.05, 0.1) is 11.1 Å². The summed E-state index contributed by atoms with van der Waals surface area (Å²) in [5.41, 5.74) is 4.47. The lowest BCUT2D eigenvalue weighted by atomic mass is 9.95. The van der Waals surface area contributed by atoms with E-state index in [1.165, 1.54) is 11.1 Å². The van der Waals surface area contributed by atoms with Gasteiger partial charge in [0.15, 0.2) is 0 Å². The van der Waals surface area contributed by atoms with Gasteiger partial charge in [-0.3, -0.25) is 9.69 Å². The highest BCUT2D eigenvalue weighted by Gasteiger charge is 2.33. The maximum absolute atomic E-state index is 11.3. The normalized spacial score (nSPS) is 16.1. The molecular weight excluding hydrogens is 458 g/mol. The van der Waals surface area contributed by atoms with Crippen molar-refractivity contribution in [1.29, 1.82) is 0 Å². The third-order valence-electron chi connectivity index (χ3n) is 5.91. The Bertz CT molecular complexity index is 1150. The highest BCUT2D eigenvalue weighted by molar-refractivity contribution is 7.17. The van der Waals surface area contributed by atoms with Gasteiger partial charge in [-0.25, -0.2) is 0 Å². The lowest BCUT2D eigenvalue weighted by Gasteiger charge is -2.38. The van der Waals surface area contributed by atoms with E-state index in [4.69, 9.17) is 16.3 Å². The molecule has 1 aromatic heterocycles. The van der Waals surface area contributed by atoms with Crippen molar-refractivity contribution in [2.45, 2.75) is 52.2 Å². The van der Waals surface area contributed by atoms with Gasteiger partial charge in [-0.1, -0.05) is 48.1 Å². The molecular formula is C25H28ClN3O3S. The summed E-state index contributed by atoms with van der Waals surface area (Å²) in [4.78, 5) is 13.3.